The molecule has 0 amide bonds. The van der Waals surface area contributed by atoms with E-state index in [4.69, 9.17) is 23.0 Å². The average molecular weight is 572 g/mol. The van der Waals surface area contributed by atoms with E-state index in [0.717, 1.165) is 50.0 Å². The van der Waals surface area contributed by atoms with E-state index in [0.29, 0.717) is 0 Å². The van der Waals surface area contributed by atoms with Gasteiger partial charge in [0.1, 0.15) is 5.60 Å². The summed E-state index contributed by atoms with van der Waals surface area (Å²) in [6, 6.07) is 19.3. The second kappa shape index (κ2) is 11.4. The van der Waals surface area contributed by atoms with Crippen molar-refractivity contribution in [2.24, 2.45) is 5.41 Å². The van der Waals surface area contributed by atoms with Gasteiger partial charge in [0.25, 0.3) is 0 Å². The largest absolute Gasteiger partial charge is 0.477 e. The minimum Gasteiger partial charge on any atom is -0.461 e. The smallest absolute Gasteiger partial charge is 0.461 e. The Kier molecular flexibility index (Phi) is 8.24. The number of phosphoric ester groups is 1. The van der Waals surface area contributed by atoms with Gasteiger partial charge in [0.05, 0.1) is 12.2 Å². The zero-order valence-corrected chi connectivity index (χ0v) is 24.4. The number of hydrogen-bond acceptors (Lipinski definition) is 9. The lowest BCUT2D eigenvalue weighted by atomic mass is 9.57. The predicted molar refractivity (Wildman–Crippen MR) is 147 cm³/mol. The fourth-order valence-electron chi connectivity index (χ4n) is 6.24. The van der Waals surface area contributed by atoms with Gasteiger partial charge in [0.15, 0.2) is 0 Å². The molecule has 4 saturated heterocycles. The summed E-state index contributed by atoms with van der Waals surface area (Å²) >= 11 is 0. The molecule has 4 fully saturated rings. The number of benzene rings is 2. The van der Waals surface area contributed by atoms with Crippen molar-refractivity contribution in [1.29, 1.82) is 0 Å². The third-order valence-electron chi connectivity index (χ3n) is 8.00. The summed E-state index contributed by atoms with van der Waals surface area (Å²) in [6.07, 6.45) is -1.78. The minimum absolute atomic E-state index is 0.445. The maximum Gasteiger partial charge on any atom is 0.477 e. The van der Waals surface area contributed by atoms with Gasteiger partial charge >= 0.3 is 19.8 Å². The van der Waals surface area contributed by atoms with E-state index in [9.17, 15) is 14.2 Å². The van der Waals surface area contributed by atoms with Crippen LogP contribution in [0, 0.1) is 5.41 Å². The Hall–Kier alpha value is -2.55. The van der Waals surface area contributed by atoms with Crippen LogP contribution in [-0.2, 0) is 42.8 Å². The molecular formula is C30H38NO8P. The van der Waals surface area contributed by atoms with Crippen LogP contribution in [0.1, 0.15) is 58.1 Å². The van der Waals surface area contributed by atoms with Crippen molar-refractivity contribution < 1.29 is 37.2 Å². The van der Waals surface area contributed by atoms with Crippen LogP contribution < -0.4 is 0 Å². The Bertz CT molecular complexity index is 1160. The average Bonchev–Trinajstić information content (AvgIpc) is 3.31. The highest BCUT2D eigenvalue weighted by atomic mass is 31.2. The molecule has 0 saturated carbocycles. The SMILES string of the molecule is CC(C)OC(=O)[C@H]1OP(=O)(OC(c2ccccc2)(c2ccccc2)C23CCN(CC2)CC3)O[C@H]1C(=O)OC(C)C. The molecule has 0 radical (unpaired) electrons. The number of hydrogen-bond donors (Lipinski definition) is 0. The van der Waals surface area contributed by atoms with E-state index >= 15 is 0 Å². The van der Waals surface area contributed by atoms with Gasteiger partial charge < -0.3 is 14.4 Å². The first-order chi connectivity index (χ1) is 19.1. The zero-order chi connectivity index (χ0) is 28.5. The molecule has 0 aromatic heterocycles. The highest BCUT2D eigenvalue weighted by Crippen LogP contribution is 2.68. The van der Waals surface area contributed by atoms with Gasteiger partial charge in [0, 0.05) is 5.41 Å². The molecule has 1 unspecified atom stereocenters. The Morgan fingerprint density at radius 1 is 0.800 bits per heavy atom. The van der Waals surface area contributed by atoms with Crippen LogP contribution in [0.25, 0.3) is 0 Å². The fraction of sp³-hybridized carbons (Fsp3) is 0.533. The highest BCUT2D eigenvalue weighted by molar-refractivity contribution is 7.49. The fourth-order valence-corrected chi connectivity index (χ4v) is 8.06. The number of carbonyl (C=O) groups is 2. The second-order valence-electron chi connectivity index (χ2n) is 11.3. The standard InChI is InChI=1S/C30H38NO8P/c1-21(2)35-27(32)25-26(28(33)36-22(3)4)38-40(34,37-25)39-30(23-11-7-5-8-12-23,24-13-9-6-10-14-24)29-15-18-31(19-16-29)20-17-29/h5-14,21-22,25-26H,15-20H2,1-4H3/t25-,26+,40?. The number of esters is 2. The molecule has 4 aliphatic rings. The Balaban J connectivity index is 1.63. The Morgan fingerprint density at radius 2 is 1.20 bits per heavy atom. The number of carbonyl (C=O) groups excluding carboxylic acids is 2. The molecule has 0 aliphatic carbocycles. The number of rotatable bonds is 9. The van der Waals surface area contributed by atoms with Crippen LogP contribution in [0.2, 0.25) is 0 Å². The van der Waals surface area contributed by atoms with Crippen molar-refractivity contribution in [2.75, 3.05) is 19.6 Å². The summed E-state index contributed by atoms with van der Waals surface area (Å²) < 4.78 is 43.7. The van der Waals surface area contributed by atoms with Gasteiger partial charge in [0.2, 0.25) is 12.2 Å². The van der Waals surface area contributed by atoms with Crippen LogP contribution in [0.4, 0.5) is 0 Å². The van der Waals surface area contributed by atoms with E-state index in [2.05, 4.69) is 4.90 Å². The molecule has 2 aromatic carbocycles. The molecule has 2 bridgehead atoms. The number of nitrogens with zero attached hydrogens (tertiary/aromatic N) is 1. The van der Waals surface area contributed by atoms with Crippen molar-refractivity contribution in [3.63, 3.8) is 0 Å². The monoisotopic (exact) mass is 571 g/mol. The first kappa shape index (κ1) is 29.0. The Morgan fingerprint density at radius 3 is 1.57 bits per heavy atom. The van der Waals surface area contributed by atoms with Crippen molar-refractivity contribution in [3.05, 3.63) is 71.8 Å². The molecule has 4 aliphatic heterocycles. The molecular weight excluding hydrogens is 533 g/mol. The molecule has 3 atom stereocenters. The van der Waals surface area contributed by atoms with Gasteiger partial charge in [-0.05, 0) is 77.7 Å². The van der Waals surface area contributed by atoms with Crippen molar-refractivity contribution in [2.45, 2.75) is 77.0 Å². The van der Waals surface area contributed by atoms with Gasteiger partial charge in [-0.15, -0.1) is 0 Å². The number of piperidine rings is 3. The van der Waals surface area contributed by atoms with Crippen molar-refractivity contribution in [3.8, 4) is 0 Å². The maximum absolute atomic E-state index is 14.6. The number of ether oxygens (including phenoxy) is 2. The lowest BCUT2D eigenvalue weighted by Gasteiger charge is -2.58. The van der Waals surface area contributed by atoms with Gasteiger partial charge in [-0.1, -0.05) is 60.7 Å². The molecule has 40 heavy (non-hydrogen) atoms. The maximum atomic E-state index is 14.6. The minimum atomic E-state index is -4.55. The molecule has 10 heteroatoms. The van der Waals surface area contributed by atoms with Gasteiger partial charge in [-0.3, -0.25) is 13.6 Å². The quantitative estimate of drug-likeness (QED) is 0.296. The molecule has 9 nitrogen and oxygen atoms in total. The summed E-state index contributed by atoms with van der Waals surface area (Å²) in [5.41, 5.74) is -0.0954. The van der Waals surface area contributed by atoms with Gasteiger partial charge in [-0.2, -0.15) is 0 Å². The van der Waals surface area contributed by atoms with Crippen LogP contribution in [0.3, 0.4) is 0 Å². The van der Waals surface area contributed by atoms with E-state index in [1.165, 1.54) is 0 Å². The predicted octanol–water partition coefficient (Wildman–Crippen LogP) is 5.23. The molecule has 6 rings (SSSR count). The summed E-state index contributed by atoms with van der Waals surface area (Å²) in [6.45, 7) is 9.34. The van der Waals surface area contributed by atoms with E-state index in [1.807, 2.05) is 60.7 Å². The molecule has 4 heterocycles. The highest BCUT2D eigenvalue weighted by Gasteiger charge is 2.64. The third-order valence-corrected chi connectivity index (χ3v) is 9.47. The molecule has 2 aromatic rings. The summed E-state index contributed by atoms with van der Waals surface area (Å²) in [5, 5.41) is 0. The van der Waals surface area contributed by atoms with Crippen LogP contribution in [-0.4, -0.2) is 60.9 Å². The molecule has 0 N–H and O–H groups in total. The Labute approximate surface area is 235 Å². The lowest BCUT2D eigenvalue weighted by molar-refractivity contribution is -0.167. The third kappa shape index (κ3) is 5.38. The van der Waals surface area contributed by atoms with E-state index < -0.39 is 55.2 Å². The van der Waals surface area contributed by atoms with Crippen LogP contribution in [0.5, 0.6) is 0 Å². The normalized spacial score (nSPS) is 30.0. The first-order valence-corrected chi connectivity index (χ1v) is 15.5. The summed E-state index contributed by atoms with van der Waals surface area (Å²) in [5.74, 6) is -1.73. The summed E-state index contributed by atoms with van der Waals surface area (Å²) in [7, 11) is -4.55. The number of fused-ring (bicyclic) bond motifs is 3. The molecule has 216 valence electrons. The summed E-state index contributed by atoms with van der Waals surface area (Å²) in [4.78, 5) is 28.5. The van der Waals surface area contributed by atoms with Crippen LogP contribution >= 0.6 is 7.82 Å². The van der Waals surface area contributed by atoms with Crippen LogP contribution in [0.15, 0.2) is 60.7 Å². The topological polar surface area (TPSA) is 101 Å². The van der Waals surface area contributed by atoms with E-state index in [1.54, 1.807) is 27.7 Å². The number of phosphoric acid groups is 1. The van der Waals surface area contributed by atoms with Crippen molar-refractivity contribution in [1.82, 2.24) is 4.90 Å². The first-order valence-electron chi connectivity index (χ1n) is 14.0. The lowest BCUT2D eigenvalue weighted by Crippen LogP contribution is -2.59. The van der Waals surface area contributed by atoms with Gasteiger partial charge in [-0.25, -0.2) is 14.2 Å². The second-order valence-corrected chi connectivity index (χ2v) is 12.8. The zero-order valence-electron chi connectivity index (χ0n) is 23.5. The molecule has 0 spiro atoms. The van der Waals surface area contributed by atoms with Crippen molar-refractivity contribution >= 4 is 19.8 Å². The van der Waals surface area contributed by atoms with E-state index in [-0.39, 0.29) is 0 Å².